The SMILES string of the molecule is O=C(Nc1cnn(CC2CCCCO2)c1)c1cc(=O)[nH]c2ccccc12. The lowest BCUT2D eigenvalue weighted by molar-refractivity contribution is 0.00401. The van der Waals surface area contributed by atoms with Crippen molar-refractivity contribution >= 4 is 22.5 Å². The Hall–Kier alpha value is -2.93. The molecular formula is C19H20N4O3. The van der Waals surface area contributed by atoms with Crippen LogP contribution in [0.3, 0.4) is 0 Å². The predicted octanol–water partition coefficient (Wildman–Crippen LogP) is 2.55. The van der Waals surface area contributed by atoms with Crippen LogP contribution in [-0.4, -0.2) is 33.4 Å². The molecule has 2 N–H and O–H groups in total. The number of anilines is 1. The zero-order valence-electron chi connectivity index (χ0n) is 14.3. The fraction of sp³-hybridized carbons (Fsp3) is 0.316. The molecule has 26 heavy (non-hydrogen) atoms. The highest BCUT2D eigenvalue weighted by molar-refractivity contribution is 6.12. The van der Waals surface area contributed by atoms with E-state index >= 15 is 0 Å². The fourth-order valence-corrected chi connectivity index (χ4v) is 3.28. The normalized spacial score (nSPS) is 17.3. The number of H-pyrrole nitrogens is 1. The zero-order chi connectivity index (χ0) is 17.9. The Kier molecular flexibility index (Phi) is 4.53. The Morgan fingerprint density at radius 3 is 3.08 bits per heavy atom. The predicted molar refractivity (Wildman–Crippen MR) is 98.3 cm³/mol. The number of benzene rings is 1. The average molecular weight is 352 g/mol. The number of para-hydroxylation sites is 1. The first-order valence-corrected chi connectivity index (χ1v) is 8.76. The van der Waals surface area contributed by atoms with E-state index in [1.807, 2.05) is 18.2 Å². The molecule has 4 rings (SSSR count). The first-order valence-electron chi connectivity index (χ1n) is 8.76. The second-order valence-corrected chi connectivity index (χ2v) is 6.49. The lowest BCUT2D eigenvalue weighted by atomic mass is 10.1. The molecular weight excluding hydrogens is 332 g/mol. The molecule has 7 nitrogen and oxygen atoms in total. The molecule has 3 aromatic rings. The number of rotatable bonds is 4. The van der Waals surface area contributed by atoms with E-state index < -0.39 is 0 Å². The van der Waals surface area contributed by atoms with E-state index in [-0.39, 0.29) is 17.6 Å². The number of hydrogen-bond acceptors (Lipinski definition) is 4. The Balaban J connectivity index is 1.51. The maximum Gasteiger partial charge on any atom is 0.256 e. The third-order valence-electron chi connectivity index (χ3n) is 4.55. The first-order chi connectivity index (χ1) is 12.7. The molecule has 0 spiro atoms. The molecule has 0 saturated carbocycles. The molecule has 0 radical (unpaired) electrons. The number of hydrogen-bond donors (Lipinski definition) is 2. The van der Waals surface area contributed by atoms with Crippen LogP contribution in [0.2, 0.25) is 0 Å². The van der Waals surface area contributed by atoms with Crippen LogP contribution in [0.15, 0.2) is 47.5 Å². The molecule has 3 heterocycles. The number of pyridine rings is 1. The van der Waals surface area contributed by atoms with Gasteiger partial charge in [0.1, 0.15) is 0 Å². The van der Waals surface area contributed by atoms with Gasteiger partial charge in [-0.1, -0.05) is 18.2 Å². The molecule has 134 valence electrons. The number of nitrogens with one attached hydrogen (secondary N) is 2. The number of aromatic nitrogens is 3. The number of aromatic amines is 1. The summed E-state index contributed by atoms with van der Waals surface area (Å²) in [4.78, 5) is 27.2. The Morgan fingerprint density at radius 1 is 1.35 bits per heavy atom. The summed E-state index contributed by atoms with van der Waals surface area (Å²) in [5.74, 6) is -0.333. The van der Waals surface area contributed by atoms with E-state index in [1.54, 1.807) is 23.1 Å². The van der Waals surface area contributed by atoms with Gasteiger partial charge in [-0.15, -0.1) is 0 Å². The zero-order valence-corrected chi connectivity index (χ0v) is 14.3. The monoisotopic (exact) mass is 352 g/mol. The van der Waals surface area contributed by atoms with Crippen LogP contribution in [-0.2, 0) is 11.3 Å². The lowest BCUT2D eigenvalue weighted by Gasteiger charge is -2.22. The van der Waals surface area contributed by atoms with Crippen molar-refractivity contribution in [3.05, 3.63) is 58.6 Å². The summed E-state index contributed by atoms with van der Waals surface area (Å²) in [5, 5.41) is 7.81. The van der Waals surface area contributed by atoms with Crippen molar-refractivity contribution < 1.29 is 9.53 Å². The van der Waals surface area contributed by atoms with Gasteiger partial charge in [-0.25, -0.2) is 0 Å². The Morgan fingerprint density at radius 2 is 2.23 bits per heavy atom. The number of fused-ring (bicyclic) bond motifs is 1. The van der Waals surface area contributed by atoms with Crippen LogP contribution < -0.4 is 10.9 Å². The molecule has 0 bridgehead atoms. The standard InChI is InChI=1S/C19H20N4O3/c24-18-9-16(15-6-1-2-7-17(15)22-18)19(25)21-13-10-20-23(11-13)12-14-5-3-4-8-26-14/h1-2,6-7,9-11,14H,3-5,8,12H2,(H,21,25)(H,22,24). The number of ether oxygens (including phenoxy) is 1. The number of carbonyl (C=O) groups excluding carboxylic acids is 1. The minimum Gasteiger partial charge on any atom is -0.376 e. The summed E-state index contributed by atoms with van der Waals surface area (Å²) in [7, 11) is 0. The second kappa shape index (κ2) is 7.13. The van der Waals surface area contributed by atoms with Crippen molar-refractivity contribution in [2.75, 3.05) is 11.9 Å². The summed E-state index contributed by atoms with van der Waals surface area (Å²) >= 11 is 0. The number of carbonyl (C=O) groups is 1. The van der Waals surface area contributed by atoms with Crippen LogP contribution in [0.1, 0.15) is 29.6 Å². The summed E-state index contributed by atoms with van der Waals surface area (Å²) < 4.78 is 7.50. The van der Waals surface area contributed by atoms with Crippen molar-refractivity contribution in [2.45, 2.75) is 31.9 Å². The van der Waals surface area contributed by atoms with Crippen LogP contribution in [0.5, 0.6) is 0 Å². The lowest BCUT2D eigenvalue weighted by Crippen LogP contribution is -2.24. The van der Waals surface area contributed by atoms with E-state index in [0.717, 1.165) is 19.4 Å². The van der Waals surface area contributed by atoms with Crippen LogP contribution in [0, 0.1) is 0 Å². The van der Waals surface area contributed by atoms with Crippen molar-refractivity contribution in [3.63, 3.8) is 0 Å². The fourth-order valence-electron chi connectivity index (χ4n) is 3.28. The van der Waals surface area contributed by atoms with Gasteiger partial charge in [0.05, 0.1) is 30.1 Å². The maximum absolute atomic E-state index is 12.7. The molecule has 0 aliphatic carbocycles. The van der Waals surface area contributed by atoms with Crippen molar-refractivity contribution in [2.24, 2.45) is 0 Å². The van der Waals surface area contributed by atoms with Gasteiger partial charge in [0.2, 0.25) is 5.56 Å². The third kappa shape index (κ3) is 3.52. The van der Waals surface area contributed by atoms with E-state index in [2.05, 4.69) is 15.4 Å². The number of nitrogens with zero attached hydrogens (tertiary/aromatic N) is 2. The molecule has 1 aliphatic heterocycles. The highest BCUT2D eigenvalue weighted by Crippen LogP contribution is 2.18. The molecule has 1 atom stereocenters. The largest absolute Gasteiger partial charge is 0.376 e. The summed E-state index contributed by atoms with van der Waals surface area (Å²) in [5.41, 5.74) is 1.26. The third-order valence-corrected chi connectivity index (χ3v) is 4.55. The van der Waals surface area contributed by atoms with Gasteiger partial charge < -0.3 is 15.0 Å². The van der Waals surface area contributed by atoms with Crippen LogP contribution in [0.4, 0.5) is 5.69 Å². The first kappa shape index (κ1) is 16.5. The molecule has 7 heteroatoms. The van der Waals surface area contributed by atoms with Crippen molar-refractivity contribution in [1.29, 1.82) is 0 Å². The minimum atomic E-state index is -0.333. The minimum absolute atomic E-state index is 0.170. The van der Waals surface area contributed by atoms with Crippen molar-refractivity contribution in [1.82, 2.24) is 14.8 Å². The highest BCUT2D eigenvalue weighted by atomic mass is 16.5. The molecule has 1 unspecified atom stereocenters. The van der Waals surface area contributed by atoms with Gasteiger partial charge >= 0.3 is 0 Å². The summed E-state index contributed by atoms with van der Waals surface area (Å²) in [6, 6.07) is 8.55. The molecule has 1 saturated heterocycles. The Labute approximate surface area is 150 Å². The van der Waals surface area contributed by atoms with Gasteiger partial charge in [-0.2, -0.15) is 5.10 Å². The quantitative estimate of drug-likeness (QED) is 0.755. The van der Waals surface area contributed by atoms with E-state index in [9.17, 15) is 9.59 Å². The van der Waals surface area contributed by atoms with Crippen LogP contribution in [0.25, 0.3) is 10.9 Å². The molecule has 1 aromatic carbocycles. The van der Waals surface area contributed by atoms with Gasteiger partial charge in [0, 0.05) is 29.8 Å². The van der Waals surface area contributed by atoms with Crippen LogP contribution >= 0.6 is 0 Å². The number of amides is 1. The molecule has 1 amide bonds. The summed E-state index contributed by atoms with van der Waals surface area (Å²) in [6.45, 7) is 1.47. The van der Waals surface area contributed by atoms with E-state index in [4.69, 9.17) is 4.74 Å². The van der Waals surface area contributed by atoms with Gasteiger partial charge in [-0.3, -0.25) is 14.3 Å². The molecule has 1 fully saturated rings. The van der Waals surface area contributed by atoms with Crippen molar-refractivity contribution in [3.8, 4) is 0 Å². The maximum atomic E-state index is 12.7. The average Bonchev–Trinajstić information content (AvgIpc) is 3.08. The van der Waals surface area contributed by atoms with E-state index in [0.29, 0.717) is 28.7 Å². The van der Waals surface area contributed by atoms with E-state index in [1.165, 1.54) is 12.5 Å². The Bertz CT molecular complexity index is 986. The molecule has 1 aliphatic rings. The topological polar surface area (TPSA) is 89.0 Å². The molecule has 2 aromatic heterocycles. The van der Waals surface area contributed by atoms with Gasteiger partial charge in [-0.05, 0) is 25.3 Å². The smallest absolute Gasteiger partial charge is 0.256 e. The summed E-state index contributed by atoms with van der Waals surface area (Å²) in [6.07, 6.45) is 6.87. The highest BCUT2D eigenvalue weighted by Gasteiger charge is 2.16. The second-order valence-electron chi connectivity index (χ2n) is 6.49. The van der Waals surface area contributed by atoms with Gasteiger partial charge in [0.25, 0.3) is 5.91 Å². The van der Waals surface area contributed by atoms with Gasteiger partial charge in [0.15, 0.2) is 0 Å².